The van der Waals surface area contributed by atoms with E-state index in [1.165, 1.54) is 0 Å². The van der Waals surface area contributed by atoms with Crippen LogP contribution in [0.2, 0.25) is 0 Å². The molecule has 1 fully saturated rings. The van der Waals surface area contributed by atoms with Crippen LogP contribution in [0.5, 0.6) is 0 Å². The Morgan fingerprint density at radius 3 is 2.18 bits per heavy atom. The topological polar surface area (TPSA) is 104 Å². The van der Waals surface area contributed by atoms with Crippen LogP contribution < -0.4 is 5.73 Å². The first-order valence-electron chi connectivity index (χ1n) is 3.38. The van der Waals surface area contributed by atoms with Crippen molar-refractivity contribution in [1.82, 2.24) is 0 Å². The minimum atomic E-state index is -1.10. The molecule has 0 aromatic heterocycles. The summed E-state index contributed by atoms with van der Waals surface area (Å²) < 4.78 is 0. The van der Waals surface area contributed by atoms with Crippen LogP contribution in [0.3, 0.4) is 0 Å². The summed E-state index contributed by atoms with van der Waals surface area (Å²) in [6, 6.07) is -0.845. The largest absolute Gasteiger partial charge is 0.481 e. The number of carboxylic acids is 1. The lowest BCUT2D eigenvalue weighted by Crippen LogP contribution is -2.40. The maximum Gasteiger partial charge on any atom is 0.308 e. The molecule has 1 aliphatic carbocycles. The average Bonchev–Trinajstić information content (AvgIpc) is 2.17. The first-order chi connectivity index (χ1) is 5.04. The van der Waals surface area contributed by atoms with Crippen molar-refractivity contribution in [3.8, 4) is 0 Å². The molecule has 5 N–H and O–H groups in total. The summed E-state index contributed by atoms with van der Waals surface area (Å²) >= 11 is 0. The smallest absolute Gasteiger partial charge is 0.308 e. The molecule has 11 heavy (non-hydrogen) atoms. The zero-order chi connectivity index (χ0) is 8.59. The molecule has 1 rings (SSSR count). The fourth-order valence-electron chi connectivity index (χ4n) is 1.32. The Labute approximate surface area is 63.4 Å². The summed E-state index contributed by atoms with van der Waals surface area (Å²) in [6.07, 6.45) is -2.06. The van der Waals surface area contributed by atoms with Crippen molar-refractivity contribution >= 4 is 5.97 Å². The molecule has 0 amide bonds. The van der Waals surface area contributed by atoms with Crippen molar-refractivity contribution < 1.29 is 20.1 Å². The van der Waals surface area contributed by atoms with Crippen LogP contribution in [-0.4, -0.2) is 39.5 Å². The summed E-state index contributed by atoms with van der Waals surface area (Å²) in [4.78, 5) is 10.4. The van der Waals surface area contributed by atoms with Crippen molar-refractivity contribution in [3.05, 3.63) is 0 Å². The quantitative estimate of drug-likeness (QED) is 0.361. The molecule has 5 nitrogen and oxygen atoms in total. The van der Waals surface area contributed by atoms with E-state index in [-0.39, 0.29) is 6.42 Å². The number of hydrogen-bond donors (Lipinski definition) is 4. The van der Waals surface area contributed by atoms with Crippen LogP contribution in [-0.2, 0) is 4.79 Å². The molecule has 0 bridgehead atoms. The van der Waals surface area contributed by atoms with E-state index in [0.717, 1.165) is 0 Å². The number of hydrogen-bond acceptors (Lipinski definition) is 4. The summed E-state index contributed by atoms with van der Waals surface area (Å²) in [6.45, 7) is 0. The minimum Gasteiger partial charge on any atom is -0.481 e. The third kappa shape index (κ3) is 1.35. The first-order valence-corrected chi connectivity index (χ1v) is 3.38. The number of nitrogens with two attached hydrogens (primary N) is 1. The van der Waals surface area contributed by atoms with Gasteiger partial charge in [0.2, 0.25) is 0 Å². The highest BCUT2D eigenvalue weighted by atomic mass is 16.4. The Morgan fingerprint density at radius 2 is 2.00 bits per heavy atom. The van der Waals surface area contributed by atoms with Gasteiger partial charge in [0.25, 0.3) is 0 Å². The monoisotopic (exact) mass is 161 g/mol. The van der Waals surface area contributed by atoms with E-state index in [9.17, 15) is 4.79 Å². The summed E-state index contributed by atoms with van der Waals surface area (Å²) in [7, 11) is 0. The van der Waals surface area contributed by atoms with Crippen molar-refractivity contribution in [3.63, 3.8) is 0 Å². The van der Waals surface area contributed by atoms with Gasteiger partial charge in [-0.05, 0) is 6.42 Å². The molecule has 4 atom stereocenters. The minimum absolute atomic E-state index is 0.0394. The van der Waals surface area contributed by atoms with Crippen LogP contribution in [0.25, 0.3) is 0 Å². The molecule has 5 heteroatoms. The number of aliphatic carboxylic acids is 1. The zero-order valence-corrected chi connectivity index (χ0v) is 5.84. The molecule has 0 unspecified atom stereocenters. The lowest BCUT2D eigenvalue weighted by atomic mass is 10.0. The summed E-state index contributed by atoms with van der Waals surface area (Å²) in [5.41, 5.74) is 5.32. The molecule has 1 saturated carbocycles. The second-order valence-electron chi connectivity index (χ2n) is 2.82. The number of aliphatic hydroxyl groups excluding tert-OH is 2. The maximum absolute atomic E-state index is 10.4. The standard InChI is InChI=1S/C6H11NO4/c7-4-2(6(10)11)1-3(8)5(4)9/h2-5,8-9H,1,7H2,(H,10,11)/t2-,3-,4-,5-/m0/s1. The van der Waals surface area contributed by atoms with Crippen molar-refractivity contribution in [2.45, 2.75) is 24.7 Å². The molecule has 0 aliphatic heterocycles. The first kappa shape index (κ1) is 8.45. The predicted octanol–water partition coefficient (Wildman–Crippen LogP) is -1.86. The normalized spacial score (nSPS) is 44.3. The van der Waals surface area contributed by atoms with Gasteiger partial charge in [-0.25, -0.2) is 0 Å². The van der Waals surface area contributed by atoms with Gasteiger partial charge in [-0.15, -0.1) is 0 Å². The van der Waals surface area contributed by atoms with Gasteiger partial charge in [0, 0.05) is 6.04 Å². The van der Waals surface area contributed by atoms with E-state index >= 15 is 0 Å². The molecule has 64 valence electrons. The molecule has 0 saturated heterocycles. The SMILES string of the molecule is N[C@@H]1[C@@H](O)[C@@H](O)C[C@@H]1C(=O)O. The Morgan fingerprint density at radius 1 is 1.45 bits per heavy atom. The van der Waals surface area contributed by atoms with Crippen molar-refractivity contribution in [2.24, 2.45) is 11.7 Å². The van der Waals surface area contributed by atoms with Crippen LogP contribution in [0.15, 0.2) is 0 Å². The highest BCUT2D eigenvalue weighted by Gasteiger charge is 2.43. The van der Waals surface area contributed by atoms with E-state index in [2.05, 4.69) is 0 Å². The van der Waals surface area contributed by atoms with E-state index in [0.29, 0.717) is 0 Å². The lowest BCUT2D eigenvalue weighted by Gasteiger charge is -2.12. The highest BCUT2D eigenvalue weighted by molar-refractivity contribution is 5.71. The molecule has 1 aliphatic rings. The van der Waals surface area contributed by atoms with Gasteiger partial charge in [-0.2, -0.15) is 0 Å². The van der Waals surface area contributed by atoms with E-state index in [4.69, 9.17) is 21.1 Å². The maximum atomic E-state index is 10.4. The average molecular weight is 161 g/mol. The Kier molecular flexibility index (Phi) is 2.12. The Bertz CT molecular complexity index is 172. The second-order valence-corrected chi connectivity index (χ2v) is 2.82. The van der Waals surface area contributed by atoms with Gasteiger partial charge in [-0.3, -0.25) is 4.79 Å². The summed E-state index contributed by atoms with van der Waals surface area (Å²) in [5, 5.41) is 26.6. The van der Waals surface area contributed by atoms with Gasteiger partial charge in [0.05, 0.1) is 18.1 Å². The van der Waals surface area contributed by atoms with Gasteiger partial charge in [0.1, 0.15) is 0 Å². The lowest BCUT2D eigenvalue weighted by molar-refractivity contribution is -0.142. The van der Waals surface area contributed by atoms with Crippen LogP contribution in [0.4, 0.5) is 0 Å². The number of rotatable bonds is 1. The van der Waals surface area contributed by atoms with Crippen LogP contribution in [0, 0.1) is 5.92 Å². The van der Waals surface area contributed by atoms with E-state index < -0.39 is 30.1 Å². The second kappa shape index (κ2) is 2.77. The highest BCUT2D eigenvalue weighted by Crippen LogP contribution is 2.25. The van der Waals surface area contributed by atoms with Gasteiger partial charge >= 0.3 is 5.97 Å². The zero-order valence-electron chi connectivity index (χ0n) is 5.84. The van der Waals surface area contributed by atoms with Crippen LogP contribution in [0.1, 0.15) is 6.42 Å². The van der Waals surface area contributed by atoms with E-state index in [1.807, 2.05) is 0 Å². The van der Waals surface area contributed by atoms with Gasteiger partial charge < -0.3 is 21.1 Å². The van der Waals surface area contributed by atoms with Crippen LogP contribution >= 0.6 is 0 Å². The third-order valence-corrected chi connectivity index (χ3v) is 2.07. The molecule has 0 heterocycles. The fraction of sp³-hybridized carbons (Fsp3) is 0.833. The third-order valence-electron chi connectivity index (χ3n) is 2.07. The number of carboxylic acid groups (broad SMARTS) is 1. The molecule has 0 spiro atoms. The Hall–Kier alpha value is -0.650. The van der Waals surface area contributed by atoms with Crippen molar-refractivity contribution in [2.75, 3.05) is 0 Å². The molecule has 0 aromatic rings. The number of carbonyl (C=O) groups is 1. The van der Waals surface area contributed by atoms with E-state index in [1.54, 1.807) is 0 Å². The molecule has 0 radical (unpaired) electrons. The number of aliphatic hydroxyl groups is 2. The predicted molar refractivity (Wildman–Crippen MR) is 35.7 cm³/mol. The van der Waals surface area contributed by atoms with Gasteiger partial charge in [-0.1, -0.05) is 0 Å². The summed E-state index contributed by atoms with van der Waals surface area (Å²) in [5.74, 6) is -1.88. The molecule has 0 aromatic carbocycles. The fourth-order valence-corrected chi connectivity index (χ4v) is 1.32. The molecular formula is C6H11NO4. The van der Waals surface area contributed by atoms with Crippen molar-refractivity contribution in [1.29, 1.82) is 0 Å². The van der Waals surface area contributed by atoms with Gasteiger partial charge in [0.15, 0.2) is 0 Å². The Balaban J connectivity index is 2.67. The molecular weight excluding hydrogens is 150 g/mol.